The zero-order chi connectivity index (χ0) is 15.4. The maximum Gasteiger partial charge on any atom is 0.344 e. The van der Waals surface area contributed by atoms with Gasteiger partial charge in [0.2, 0.25) is 11.7 Å². The van der Waals surface area contributed by atoms with E-state index < -0.39 is 12.1 Å². The van der Waals surface area contributed by atoms with E-state index in [1.807, 2.05) is 13.8 Å². The highest BCUT2D eigenvalue weighted by Crippen LogP contribution is 2.20. The van der Waals surface area contributed by atoms with E-state index in [1.165, 1.54) is 6.20 Å². The van der Waals surface area contributed by atoms with Gasteiger partial charge in [-0.05, 0) is 18.6 Å². The highest BCUT2D eigenvalue weighted by Gasteiger charge is 2.17. The predicted molar refractivity (Wildman–Crippen MR) is 74.0 cm³/mol. The maximum atomic E-state index is 10.9. The standard InChI is InChI=1S/C14H17N3O4/c1-4-11(14(18)19)20-9-5-6-10(15-7-9)12-16-13(8(2)3)21-17-12/h5-8,11H,4H2,1-3H3,(H,18,19). The lowest BCUT2D eigenvalue weighted by Crippen LogP contribution is -2.25. The van der Waals surface area contributed by atoms with Crippen LogP contribution in [0.15, 0.2) is 22.9 Å². The van der Waals surface area contributed by atoms with Gasteiger partial charge in [-0.3, -0.25) is 0 Å². The zero-order valence-corrected chi connectivity index (χ0v) is 12.1. The molecule has 0 amide bonds. The molecule has 0 aliphatic heterocycles. The Bertz CT molecular complexity index is 607. The summed E-state index contributed by atoms with van der Waals surface area (Å²) in [7, 11) is 0. The quantitative estimate of drug-likeness (QED) is 0.872. The van der Waals surface area contributed by atoms with Gasteiger partial charge < -0.3 is 14.4 Å². The molecule has 2 aromatic heterocycles. The van der Waals surface area contributed by atoms with E-state index in [1.54, 1.807) is 19.1 Å². The van der Waals surface area contributed by atoms with Crippen molar-refractivity contribution in [2.75, 3.05) is 0 Å². The van der Waals surface area contributed by atoms with E-state index in [0.717, 1.165) is 0 Å². The Balaban J connectivity index is 2.12. The molecule has 21 heavy (non-hydrogen) atoms. The third-order valence-electron chi connectivity index (χ3n) is 2.83. The Morgan fingerprint density at radius 3 is 2.67 bits per heavy atom. The Hall–Kier alpha value is -2.44. The Labute approximate surface area is 122 Å². The number of aliphatic carboxylic acids is 1. The number of carboxylic acid groups (broad SMARTS) is 1. The molecule has 0 radical (unpaired) electrons. The minimum absolute atomic E-state index is 0.148. The molecule has 0 aliphatic carbocycles. The summed E-state index contributed by atoms with van der Waals surface area (Å²) < 4.78 is 10.4. The van der Waals surface area contributed by atoms with Gasteiger partial charge in [-0.15, -0.1) is 0 Å². The highest BCUT2D eigenvalue weighted by atomic mass is 16.5. The molecule has 0 aromatic carbocycles. The lowest BCUT2D eigenvalue weighted by molar-refractivity contribution is -0.145. The minimum Gasteiger partial charge on any atom is -0.479 e. The molecular formula is C14H17N3O4. The van der Waals surface area contributed by atoms with Gasteiger partial charge in [0, 0.05) is 5.92 Å². The van der Waals surface area contributed by atoms with Crippen LogP contribution in [0.25, 0.3) is 11.5 Å². The van der Waals surface area contributed by atoms with Crippen LogP contribution in [0.4, 0.5) is 0 Å². The van der Waals surface area contributed by atoms with Gasteiger partial charge >= 0.3 is 5.97 Å². The second kappa shape index (κ2) is 6.34. The maximum absolute atomic E-state index is 10.9. The molecule has 1 unspecified atom stereocenters. The first-order valence-corrected chi connectivity index (χ1v) is 6.70. The van der Waals surface area contributed by atoms with Gasteiger partial charge in [0.25, 0.3) is 0 Å². The molecule has 112 valence electrons. The van der Waals surface area contributed by atoms with Crippen LogP contribution in [0, 0.1) is 0 Å². The fourth-order valence-corrected chi connectivity index (χ4v) is 1.63. The lowest BCUT2D eigenvalue weighted by atomic mass is 10.2. The number of ether oxygens (including phenoxy) is 1. The van der Waals surface area contributed by atoms with Crippen molar-refractivity contribution >= 4 is 5.97 Å². The van der Waals surface area contributed by atoms with Gasteiger partial charge in [0.05, 0.1) is 6.20 Å². The first-order chi connectivity index (χ1) is 10.0. The van der Waals surface area contributed by atoms with Crippen molar-refractivity contribution in [3.05, 3.63) is 24.2 Å². The normalized spacial score (nSPS) is 12.4. The van der Waals surface area contributed by atoms with Gasteiger partial charge in [-0.25, -0.2) is 9.78 Å². The molecule has 7 heteroatoms. The van der Waals surface area contributed by atoms with Crippen LogP contribution in [0.3, 0.4) is 0 Å². The predicted octanol–water partition coefficient (Wildman–Crippen LogP) is 2.50. The SMILES string of the molecule is CCC(Oc1ccc(-c2noc(C(C)C)n2)nc1)C(=O)O. The van der Waals surface area contributed by atoms with Crippen molar-refractivity contribution < 1.29 is 19.2 Å². The van der Waals surface area contributed by atoms with E-state index in [-0.39, 0.29) is 5.92 Å². The summed E-state index contributed by atoms with van der Waals surface area (Å²) in [6.45, 7) is 5.66. The number of nitrogens with zero attached hydrogens (tertiary/aromatic N) is 3. The van der Waals surface area contributed by atoms with Crippen molar-refractivity contribution in [1.29, 1.82) is 0 Å². The van der Waals surface area contributed by atoms with Gasteiger partial charge in [-0.1, -0.05) is 25.9 Å². The molecule has 0 aliphatic rings. The molecule has 0 bridgehead atoms. The first kappa shape index (κ1) is 15.0. The van der Waals surface area contributed by atoms with Crippen molar-refractivity contribution in [1.82, 2.24) is 15.1 Å². The third kappa shape index (κ3) is 3.56. The van der Waals surface area contributed by atoms with Crippen LogP contribution in [-0.4, -0.2) is 32.3 Å². The number of hydrogen-bond donors (Lipinski definition) is 1. The van der Waals surface area contributed by atoms with Crippen molar-refractivity contribution in [2.24, 2.45) is 0 Å². The van der Waals surface area contributed by atoms with E-state index in [0.29, 0.717) is 29.6 Å². The van der Waals surface area contributed by atoms with Crippen molar-refractivity contribution in [2.45, 2.75) is 39.2 Å². The Morgan fingerprint density at radius 2 is 2.19 bits per heavy atom. The smallest absolute Gasteiger partial charge is 0.344 e. The second-order valence-corrected chi connectivity index (χ2v) is 4.84. The summed E-state index contributed by atoms with van der Waals surface area (Å²) in [6.07, 6.45) is 0.946. The first-order valence-electron chi connectivity index (χ1n) is 6.70. The molecule has 2 aromatic rings. The topological polar surface area (TPSA) is 98.3 Å². The summed E-state index contributed by atoms with van der Waals surface area (Å²) in [5, 5.41) is 12.8. The molecule has 1 atom stereocenters. The van der Waals surface area contributed by atoms with Crippen LogP contribution >= 0.6 is 0 Å². The average Bonchev–Trinajstić information content (AvgIpc) is 2.95. The summed E-state index contributed by atoms with van der Waals surface area (Å²) >= 11 is 0. The van der Waals surface area contributed by atoms with Gasteiger partial charge in [0.1, 0.15) is 11.4 Å². The highest BCUT2D eigenvalue weighted by molar-refractivity contribution is 5.72. The van der Waals surface area contributed by atoms with Crippen molar-refractivity contribution in [3.8, 4) is 17.3 Å². The fourth-order valence-electron chi connectivity index (χ4n) is 1.63. The summed E-state index contributed by atoms with van der Waals surface area (Å²) in [6, 6.07) is 3.30. The molecular weight excluding hydrogens is 274 g/mol. The lowest BCUT2D eigenvalue weighted by Gasteiger charge is -2.12. The molecule has 0 fully saturated rings. The van der Waals surface area contributed by atoms with E-state index in [2.05, 4.69) is 15.1 Å². The number of carboxylic acids is 1. The largest absolute Gasteiger partial charge is 0.479 e. The third-order valence-corrected chi connectivity index (χ3v) is 2.83. The second-order valence-electron chi connectivity index (χ2n) is 4.84. The summed E-state index contributed by atoms with van der Waals surface area (Å²) in [5.41, 5.74) is 0.543. The Kier molecular flexibility index (Phi) is 4.52. The number of aromatic nitrogens is 3. The molecule has 7 nitrogen and oxygen atoms in total. The Morgan fingerprint density at radius 1 is 1.43 bits per heavy atom. The summed E-state index contributed by atoms with van der Waals surface area (Å²) in [5.74, 6) is 0.483. The molecule has 0 saturated heterocycles. The summed E-state index contributed by atoms with van der Waals surface area (Å²) in [4.78, 5) is 19.3. The van der Waals surface area contributed by atoms with Crippen LogP contribution < -0.4 is 4.74 Å². The van der Waals surface area contributed by atoms with Crippen LogP contribution in [0.1, 0.15) is 39.0 Å². The van der Waals surface area contributed by atoms with Gasteiger partial charge in [0.15, 0.2) is 6.10 Å². The molecule has 1 N–H and O–H groups in total. The number of hydrogen-bond acceptors (Lipinski definition) is 6. The molecule has 2 rings (SSSR count). The number of carbonyl (C=O) groups is 1. The average molecular weight is 291 g/mol. The van der Waals surface area contributed by atoms with E-state index >= 15 is 0 Å². The van der Waals surface area contributed by atoms with Gasteiger partial charge in [-0.2, -0.15) is 4.98 Å². The van der Waals surface area contributed by atoms with E-state index in [4.69, 9.17) is 14.4 Å². The molecule has 0 spiro atoms. The fraction of sp³-hybridized carbons (Fsp3) is 0.429. The van der Waals surface area contributed by atoms with Crippen molar-refractivity contribution in [3.63, 3.8) is 0 Å². The molecule has 0 saturated carbocycles. The zero-order valence-electron chi connectivity index (χ0n) is 12.1. The van der Waals surface area contributed by atoms with Crippen LogP contribution in [0.5, 0.6) is 5.75 Å². The number of rotatable bonds is 6. The monoisotopic (exact) mass is 291 g/mol. The minimum atomic E-state index is -0.999. The number of pyridine rings is 1. The van der Waals surface area contributed by atoms with Crippen LogP contribution in [0.2, 0.25) is 0 Å². The van der Waals surface area contributed by atoms with Crippen LogP contribution in [-0.2, 0) is 4.79 Å². The van der Waals surface area contributed by atoms with E-state index in [9.17, 15) is 4.79 Å². The molecule has 2 heterocycles.